The molecule has 170 valence electrons. The van der Waals surface area contributed by atoms with Gasteiger partial charge in [-0.05, 0) is 45.1 Å². The molecular formula is C22H36N8O. The van der Waals surface area contributed by atoms with E-state index in [1.807, 2.05) is 4.90 Å². The van der Waals surface area contributed by atoms with Crippen molar-refractivity contribution in [1.82, 2.24) is 25.5 Å². The zero-order valence-corrected chi connectivity index (χ0v) is 18.6. The standard InChI is InChI=1S/C22H36N8O/c31-22(24-17-18-6-5-7-23-18)30-14-12-28(13-15-30)20-16-19(27-8-1-2-9-27)25-21(26-20)29-10-3-4-11-29/h16,18,23H,1-15,17H2,(H,24,31)/t18-/m0/s1. The lowest BCUT2D eigenvalue weighted by Crippen LogP contribution is -2.53. The molecule has 9 nitrogen and oxygen atoms in total. The summed E-state index contributed by atoms with van der Waals surface area (Å²) in [4.78, 5) is 31.5. The summed E-state index contributed by atoms with van der Waals surface area (Å²) in [5.41, 5.74) is 0. The second-order valence-electron chi connectivity index (χ2n) is 9.23. The number of urea groups is 1. The van der Waals surface area contributed by atoms with Crippen LogP contribution >= 0.6 is 0 Å². The van der Waals surface area contributed by atoms with Gasteiger partial charge in [0.2, 0.25) is 5.95 Å². The van der Waals surface area contributed by atoms with Gasteiger partial charge in [-0.2, -0.15) is 9.97 Å². The molecule has 5 rings (SSSR count). The highest BCUT2D eigenvalue weighted by atomic mass is 16.2. The molecule has 2 N–H and O–H groups in total. The summed E-state index contributed by atoms with van der Waals surface area (Å²) in [6, 6.07) is 2.65. The lowest BCUT2D eigenvalue weighted by Gasteiger charge is -2.36. The fourth-order valence-corrected chi connectivity index (χ4v) is 5.13. The van der Waals surface area contributed by atoms with Crippen molar-refractivity contribution in [2.45, 2.75) is 44.6 Å². The molecule has 0 spiro atoms. The van der Waals surface area contributed by atoms with Crippen LogP contribution in [-0.4, -0.2) is 92.4 Å². The summed E-state index contributed by atoms with van der Waals surface area (Å²) >= 11 is 0. The van der Waals surface area contributed by atoms with Crippen molar-refractivity contribution in [2.75, 3.05) is 80.1 Å². The molecule has 0 saturated carbocycles. The average molecular weight is 429 g/mol. The quantitative estimate of drug-likeness (QED) is 0.731. The average Bonchev–Trinajstić information content (AvgIpc) is 3.60. The molecule has 5 heterocycles. The van der Waals surface area contributed by atoms with Crippen molar-refractivity contribution in [3.8, 4) is 0 Å². The molecule has 0 aliphatic carbocycles. The minimum Gasteiger partial charge on any atom is -0.356 e. The van der Waals surface area contributed by atoms with Crippen LogP contribution in [0, 0.1) is 0 Å². The number of rotatable bonds is 5. The van der Waals surface area contributed by atoms with Gasteiger partial charge >= 0.3 is 6.03 Å². The molecule has 0 aromatic carbocycles. The van der Waals surface area contributed by atoms with Gasteiger partial charge in [0.05, 0.1) is 0 Å². The van der Waals surface area contributed by atoms with E-state index < -0.39 is 0 Å². The summed E-state index contributed by atoms with van der Waals surface area (Å²) < 4.78 is 0. The van der Waals surface area contributed by atoms with Gasteiger partial charge in [0.25, 0.3) is 0 Å². The summed E-state index contributed by atoms with van der Waals surface area (Å²) in [6.45, 7) is 9.13. The van der Waals surface area contributed by atoms with Crippen molar-refractivity contribution < 1.29 is 4.79 Å². The van der Waals surface area contributed by atoms with Crippen molar-refractivity contribution in [3.63, 3.8) is 0 Å². The van der Waals surface area contributed by atoms with Crippen LogP contribution in [0.15, 0.2) is 6.07 Å². The molecule has 1 aromatic rings. The van der Waals surface area contributed by atoms with Crippen LogP contribution in [0.3, 0.4) is 0 Å². The lowest BCUT2D eigenvalue weighted by molar-refractivity contribution is 0.193. The first-order valence-electron chi connectivity index (χ1n) is 12.2. The Labute approximate surface area is 185 Å². The molecule has 0 bridgehead atoms. The highest BCUT2D eigenvalue weighted by Gasteiger charge is 2.26. The van der Waals surface area contributed by atoms with E-state index in [1.165, 1.54) is 32.1 Å². The number of carbonyl (C=O) groups excluding carboxylic acids is 1. The second-order valence-corrected chi connectivity index (χ2v) is 9.23. The largest absolute Gasteiger partial charge is 0.356 e. The predicted octanol–water partition coefficient (Wildman–Crippen LogP) is 1.26. The molecule has 9 heteroatoms. The number of hydrogen-bond acceptors (Lipinski definition) is 7. The molecule has 4 saturated heterocycles. The molecule has 4 aliphatic heterocycles. The number of carbonyl (C=O) groups is 1. The molecule has 0 radical (unpaired) electrons. The third kappa shape index (κ3) is 4.81. The van der Waals surface area contributed by atoms with Crippen LogP contribution in [-0.2, 0) is 0 Å². The summed E-state index contributed by atoms with van der Waals surface area (Å²) in [5, 5.41) is 6.54. The number of piperazine rings is 1. The van der Waals surface area contributed by atoms with Crippen molar-refractivity contribution in [2.24, 2.45) is 0 Å². The number of anilines is 3. The van der Waals surface area contributed by atoms with Gasteiger partial charge in [0, 0.05) is 71.0 Å². The Morgan fingerprint density at radius 3 is 2.10 bits per heavy atom. The van der Waals surface area contributed by atoms with Gasteiger partial charge in [-0.1, -0.05) is 0 Å². The van der Waals surface area contributed by atoms with Gasteiger partial charge < -0.3 is 30.2 Å². The zero-order chi connectivity index (χ0) is 21.0. The first kappa shape index (κ1) is 20.6. The SMILES string of the molecule is O=C(NC[C@@H]1CCCN1)N1CCN(c2cc(N3CCCC3)nc(N3CCCC3)n2)CC1. The molecule has 0 unspecified atom stereocenters. The molecule has 1 aromatic heterocycles. The van der Waals surface area contributed by atoms with E-state index in [0.29, 0.717) is 6.04 Å². The first-order valence-corrected chi connectivity index (χ1v) is 12.2. The monoisotopic (exact) mass is 428 g/mol. The normalized spacial score (nSPS) is 24.3. The second kappa shape index (κ2) is 9.46. The number of hydrogen-bond donors (Lipinski definition) is 2. The highest BCUT2D eigenvalue weighted by Crippen LogP contribution is 2.27. The van der Waals surface area contributed by atoms with Crippen LogP contribution in [0.5, 0.6) is 0 Å². The van der Waals surface area contributed by atoms with Crippen LogP contribution in [0.25, 0.3) is 0 Å². The number of nitrogens with zero attached hydrogens (tertiary/aromatic N) is 6. The smallest absolute Gasteiger partial charge is 0.317 e. The molecule has 1 atom stereocenters. The number of amides is 2. The van der Waals surface area contributed by atoms with E-state index in [-0.39, 0.29) is 6.03 Å². The third-order valence-corrected chi connectivity index (χ3v) is 7.06. The first-order chi connectivity index (χ1) is 15.3. The van der Waals surface area contributed by atoms with Crippen molar-refractivity contribution in [3.05, 3.63) is 6.07 Å². The minimum atomic E-state index is 0.0616. The molecule has 2 amide bonds. The van der Waals surface area contributed by atoms with Crippen molar-refractivity contribution >= 4 is 23.6 Å². The zero-order valence-electron chi connectivity index (χ0n) is 18.6. The number of aromatic nitrogens is 2. The van der Waals surface area contributed by atoms with E-state index in [0.717, 1.165) is 89.5 Å². The van der Waals surface area contributed by atoms with E-state index in [1.54, 1.807) is 0 Å². The van der Waals surface area contributed by atoms with Crippen molar-refractivity contribution in [1.29, 1.82) is 0 Å². The van der Waals surface area contributed by atoms with E-state index >= 15 is 0 Å². The fraction of sp³-hybridized carbons (Fsp3) is 0.773. The van der Waals surface area contributed by atoms with Gasteiger partial charge in [-0.25, -0.2) is 4.79 Å². The molecule has 4 aliphatic rings. The Balaban J connectivity index is 1.23. The minimum absolute atomic E-state index is 0.0616. The van der Waals surface area contributed by atoms with Gasteiger partial charge in [-0.3, -0.25) is 0 Å². The molecule has 31 heavy (non-hydrogen) atoms. The Hall–Kier alpha value is -2.29. The lowest BCUT2D eigenvalue weighted by atomic mass is 10.2. The summed E-state index contributed by atoms with van der Waals surface area (Å²) in [7, 11) is 0. The van der Waals surface area contributed by atoms with E-state index in [9.17, 15) is 4.79 Å². The topological polar surface area (TPSA) is 79.9 Å². The Kier molecular flexibility index (Phi) is 6.29. The Bertz CT molecular complexity index is 714. The van der Waals surface area contributed by atoms with Crippen LogP contribution < -0.4 is 25.3 Å². The maximum atomic E-state index is 12.6. The summed E-state index contributed by atoms with van der Waals surface area (Å²) in [6.07, 6.45) is 7.27. The maximum absolute atomic E-state index is 12.6. The Morgan fingerprint density at radius 1 is 0.871 bits per heavy atom. The third-order valence-electron chi connectivity index (χ3n) is 7.06. The highest BCUT2D eigenvalue weighted by molar-refractivity contribution is 5.74. The van der Waals surface area contributed by atoms with Gasteiger partial charge in [0.15, 0.2) is 0 Å². The van der Waals surface area contributed by atoms with Crippen LogP contribution in [0.1, 0.15) is 38.5 Å². The summed E-state index contributed by atoms with van der Waals surface area (Å²) in [5.74, 6) is 2.95. The molecular weight excluding hydrogens is 392 g/mol. The van der Waals surface area contributed by atoms with Gasteiger partial charge in [0.1, 0.15) is 11.6 Å². The number of nitrogens with one attached hydrogen (secondary N) is 2. The maximum Gasteiger partial charge on any atom is 0.317 e. The van der Waals surface area contributed by atoms with Gasteiger partial charge in [-0.15, -0.1) is 0 Å². The molecule has 4 fully saturated rings. The predicted molar refractivity (Wildman–Crippen MR) is 123 cm³/mol. The fourth-order valence-electron chi connectivity index (χ4n) is 5.13. The van der Waals surface area contributed by atoms with E-state index in [2.05, 4.69) is 31.4 Å². The van der Waals surface area contributed by atoms with Crippen LogP contribution in [0.2, 0.25) is 0 Å². The van der Waals surface area contributed by atoms with E-state index in [4.69, 9.17) is 9.97 Å². The Morgan fingerprint density at radius 2 is 1.48 bits per heavy atom. The van der Waals surface area contributed by atoms with Crippen LogP contribution in [0.4, 0.5) is 22.4 Å².